The molecule has 2 aliphatic carbocycles. The molecular formula is C28H42N2+2. The summed E-state index contributed by atoms with van der Waals surface area (Å²) in [4.78, 5) is 0. The molecule has 2 aromatic rings. The summed E-state index contributed by atoms with van der Waals surface area (Å²) >= 11 is 0. The van der Waals surface area contributed by atoms with E-state index in [0.717, 1.165) is 0 Å². The first-order valence-electron chi connectivity index (χ1n) is 12.9. The molecule has 0 bridgehead atoms. The number of hydrogen-bond acceptors (Lipinski definition) is 0. The second-order valence-electron chi connectivity index (χ2n) is 9.59. The Balaban J connectivity index is 1.05. The highest BCUT2D eigenvalue weighted by molar-refractivity contribution is 5.18. The molecule has 0 amide bonds. The number of hydrogen-bond donors (Lipinski definition) is 0. The molecule has 0 N–H and O–H groups in total. The van der Waals surface area contributed by atoms with Crippen molar-refractivity contribution in [2.75, 3.05) is 0 Å². The minimum Gasteiger partial charge on any atom is -0.202 e. The van der Waals surface area contributed by atoms with Crippen LogP contribution in [0.3, 0.4) is 0 Å². The Labute approximate surface area is 184 Å². The van der Waals surface area contributed by atoms with E-state index in [1.54, 1.807) is 22.5 Å². The maximum absolute atomic E-state index is 2.55. The van der Waals surface area contributed by atoms with Gasteiger partial charge in [0.15, 0.2) is 23.8 Å². The van der Waals surface area contributed by atoms with Gasteiger partial charge < -0.3 is 0 Å². The van der Waals surface area contributed by atoms with E-state index in [2.05, 4.69) is 45.8 Å². The molecule has 2 nitrogen and oxygen atoms in total. The van der Waals surface area contributed by atoms with Crippen LogP contribution in [0.1, 0.15) is 99.6 Å². The van der Waals surface area contributed by atoms with Crippen LogP contribution in [0.4, 0.5) is 0 Å². The van der Waals surface area contributed by atoms with E-state index in [-0.39, 0.29) is 0 Å². The third kappa shape index (κ3) is 5.93. The molecule has 0 aliphatic heterocycles. The third-order valence-corrected chi connectivity index (χ3v) is 7.33. The van der Waals surface area contributed by atoms with Crippen LogP contribution in [-0.2, 0) is 38.8 Å². The fourth-order valence-corrected chi connectivity index (χ4v) is 5.59. The highest BCUT2D eigenvalue weighted by atomic mass is 15.0. The van der Waals surface area contributed by atoms with Crippen molar-refractivity contribution in [3.05, 3.63) is 59.2 Å². The highest BCUT2D eigenvalue weighted by Gasteiger charge is 2.19. The summed E-state index contributed by atoms with van der Waals surface area (Å²) in [5, 5.41) is 0. The molecule has 2 aromatic heterocycles. The Morgan fingerprint density at radius 2 is 0.900 bits per heavy atom. The maximum Gasteiger partial charge on any atom is 0.184 e. The Morgan fingerprint density at radius 1 is 0.500 bits per heavy atom. The lowest BCUT2D eigenvalue weighted by molar-refractivity contribution is -0.705. The largest absolute Gasteiger partial charge is 0.202 e. The van der Waals surface area contributed by atoms with Crippen LogP contribution in [0, 0.1) is 0 Å². The van der Waals surface area contributed by atoms with Gasteiger partial charge in [-0.3, -0.25) is 0 Å². The molecule has 0 saturated carbocycles. The van der Waals surface area contributed by atoms with Crippen molar-refractivity contribution in [1.82, 2.24) is 0 Å². The number of fused-ring (bicyclic) bond motifs is 2. The van der Waals surface area contributed by atoms with Crippen molar-refractivity contribution in [2.45, 2.75) is 116 Å². The van der Waals surface area contributed by atoms with Crippen LogP contribution in [-0.4, -0.2) is 0 Å². The van der Waals surface area contributed by atoms with E-state index in [1.165, 1.54) is 116 Å². The predicted molar refractivity (Wildman–Crippen MR) is 123 cm³/mol. The number of unbranched alkanes of at least 4 members (excludes halogenated alkanes) is 7. The summed E-state index contributed by atoms with van der Waals surface area (Å²) in [6.45, 7) is 2.45. The quantitative estimate of drug-likeness (QED) is 0.327. The van der Waals surface area contributed by atoms with Crippen LogP contribution >= 0.6 is 0 Å². The smallest absolute Gasteiger partial charge is 0.184 e. The van der Waals surface area contributed by atoms with E-state index in [1.807, 2.05) is 0 Å². The second kappa shape index (κ2) is 11.6. The topological polar surface area (TPSA) is 7.76 Å². The minimum atomic E-state index is 1.22. The van der Waals surface area contributed by atoms with Gasteiger partial charge in [0.05, 0.1) is 0 Å². The molecule has 0 radical (unpaired) electrons. The Hall–Kier alpha value is -1.70. The fourth-order valence-electron chi connectivity index (χ4n) is 5.59. The molecule has 162 valence electrons. The van der Waals surface area contributed by atoms with Gasteiger partial charge >= 0.3 is 0 Å². The highest BCUT2D eigenvalue weighted by Crippen LogP contribution is 2.19. The second-order valence-corrected chi connectivity index (χ2v) is 9.59. The molecule has 0 saturated heterocycles. The van der Waals surface area contributed by atoms with Gasteiger partial charge in [0.2, 0.25) is 0 Å². The average molecular weight is 407 g/mol. The summed E-state index contributed by atoms with van der Waals surface area (Å²) in [6, 6.07) is 9.20. The Morgan fingerprint density at radius 3 is 1.37 bits per heavy atom. The first-order chi connectivity index (χ1) is 14.9. The molecule has 2 heteroatoms. The van der Waals surface area contributed by atoms with Gasteiger partial charge in [-0.2, -0.15) is 0 Å². The van der Waals surface area contributed by atoms with Gasteiger partial charge in [0.25, 0.3) is 0 Å². The summed E-state index contributed by atoms with van der Waals surface area (Å²) in [6.07, 6.45) is 26.4. The first kappa shape index (κ1) is 21.5. The number of aromatic nitrogens is 2. The zero-order valence-corrected chi connectivity index (χ0v) is 19.1. The summed E-state index contributed by atoms with van der Waals surface area (Å²) in [7, 11) is 0. The van der Waals surface area contributed by atoms with Gasteiger partial charge in [-0.15, -0.1) is 0 Å². The lowest BCUT2D eigenvalue weighted by Gasteiger charge is -2.14. The van der Waals surface area contributed by atoms with Gasteiger partial charge in [0, 0.05) is 48.9 Å². The summed E-state index contributed by atoms with van der Waals surface area (Å²) in [5.41, 5.74) is 6.47. The van der Waals surface area contributed by atoms with E-state index >= 15 is 0 Å². The monoisotopic (exact) mass is 406 g/mol. The van der Waals surface area contributed by atoms with E-state index in [4.69, 9.17) is 0 Å². The zero-order valence-electron chi connectivity index (χ0n) is 19.1. The normalized spacial score (nSPS) is 15.6. The third-order valence-electron chi connectivity index (χ3n) is 7.33. The van der Waals surface area contributed by atoms with E-state index < -0.39 is 0 Å². The Kier molecular flexibility index (Phi) is 8.34. The molecule has 2 heterocycles. The molecule has 30 heavy (non-hydrogen) atoms. The molecule has 0 aromatic carbocycles. The van der Waals surface area contributed by atoms with Gasteiger partial charge in [-0.05, 0) is 63.5 Å². The van der Waals surface area contributed by atoms with Gasteiger partial charge in [-0.1, -0.05) is 25.7 Å². The lowest BCUT2D eigenvalue weighted by Crippen LogP contribution is -2.40. The van der Waals surface area contributed by atoms with Gasteiger partial charge in [0.1, 0.15) is 13.1 Å². The molecule has 0 spiro atoms. The molecule has 0 unspecified atom stereocenters. The fraction of sp³-hybridized carbons (Fsp3) is 0.643. The summed E-state index contributed by atoms with van der Waals surface area (Å²) in [5.74, 6) is 0. The van der Waals surface area contributed by atoms with Crippen LogP contribution in [0.5, 0.6) is 0 Å². The molecule has 0 fully saturated rings. The number of rotatable bonds is 11. The van der Waals surface area contributed by atoms with Crippen molar-refractivity contribution in [3.63, 3.8) is 0 Å². The van der Waals surface area contributed by atoms with Crippen molar-refractivity contribution >= 4 is 0 Å². The SMILES string of the molecule is c1cc2c([n+](CCCCCCCCCC[n+]3cccc4c3CCCC4)c1)CCCC2. The van der Waals surface area contributed by atoms with E-state index in [0.29, 0.717) is 0 Å². The first-order valence-corrected chi connectivity index (χ1v) is 12.9. The van der Waals surface area contributed by atoms with Crippen LogP contribution in [0.15, 0.2) is 36.7 Å². The maximum atomic E-state index is 2.55. The molecule has 0 atom stereocenters. The molecule has 2 aliphatic rings. The van der Waals surface area contributed by atoms with Crippen molar-refractivity contribution in [2.24, 2.45) is 0 Å². The molecular weight excluding hydrogens is 364 g/mol. The molecule has 4 rings (SSSR count). The minimum absolute atomic E-state index is 1.22. The zero-order chi connectivity index (χ0) is 20.4. The van der Waals surface area contributed by atoms with Crippen LogP contribution in [0.25, 0.3) is 0 Å². The standard InChI is InChI=1S/C28H42N2/c1(3-5-11-21-29-23-13-17-25-15-7-9-19-27(25)29)2-4-6-12-22-30-24-14-18-26-16-8-10-20-28(26)30/h13-14,17-18,23-24H,1-12,15-16,19-22H2/q+2. The van der Waals surface area contributed by atoms with Crippen molar-refractivity contribution in [3.8, 4) is 0 Å². The number of nitrogens with zero attached hydrogens (tertiary/aromatic N) is 2. The Bertz CT molecular complexity index is 728. The van der Waals surface area contributed by atoms with Gasteiger partial charge in [-0.25, -0.2) is 9.13 Å². The average Bonchev–Trinajstić information content (AvgIpc) is 2.80. The number of aryl methyl sites for hydroxylation is 4. The number of pyridine rings is 2. The van der Waals surface area contributed by atoms with Crippen LogP contribution < -0.4 is 9.13 Å². The van der Waals surface area contributed by atoms with Crippen LogP contribution in [0.2, 0.25) is 0 Å². The van der Waals surface area contributed by atoms with E-state index in [9.17, 15) is 0 Å². The lowest BCUT2D eigenvalue weighted by atomic mass is 9.95. The summed E-state index contributed by atoms with van der Waals surface area (Å²) < 4.78 is 5.10. The van der Waals surface area contributed by atoms with Crippen molar-refractivity contribution < 1.29 is 9.13 Å². The van der Waals surface area contributed by atoms with Crippen molar-refractivity contribution in [1.29, 1.82) is 0 Å². The predicted octanol–water partition coefficient (Wildman–Crippen LogP) is 5.84.